The predicted molar refractivity (Wildman–Crippen MR) is 68.1 cm³/mol. The smallest absolute Gasteiger partial charge is 0.157 e. The van der Waals surface area contributed by atoms with Crippen LogP contribution in [0.4, 0.5) is 4.39 Å². The standard InChI is InChI=1S/C14H14FN3O/c1-10(2)18-8-13(7-17-18)19-9-11-3-4-14(15)12(5-11)6-16/h3-5,7-8,10H,9H2,1-2H3. The summed E-state index contributed by atoms with van der Waals surface area (Å²) in [5.74, 6) is 0.135. The summed E-state index contributed by atoms with van der Waals surface area (Å²) < 4.78 is 20.5. The summed E-state index contributed by atoms with van der Waals surface area (Å²) in [7, 11) is 0. The molecule has 0 bridgehead atoms. The number of nitriles is 1. The highest BCUT2D eigenvalue weighted by molar-refractivity contribution is 5.34. The quantitative estimate of drug-likeness (QED) is 0.847. The minimum Gasteiger partial charge on any atom is -0.486 e. The molecule has 0 fully saturated rings. The van der Waals surface area contributed by atoms with Gasteiger partial charge in [-0.2, -0.15) is 10.4 Å². The monoisotopic (exact) mass is 259 g/mol. The van der Waals surface area contributed by atoms with Gasteiger partial charge in [0.25, 0.3) is 0 Å². The van der Waals surface area contributed by atoms with Crippen LogP contribution in [0.3, 0.4) is 0 Å². The van der Waals surface area contributed by atoms with Gasteiger partial charge >= 0.3 is 0 Å². The minimum absolute atomic E-state index is 0.0268. The molecule has 1 aromatic carbocycles. The molecule has 0 spiro atoms. The first-order valence-electron chi connectivity index (χ1n) is 5.95. The molecule has 0 unspecified atom stereocenters. The molecule has 1 heterocycles. The lowest BCUT2D eigenvalue weighted by atomic mass is 10.1. The van der Waals surface area contributed by atoms with Crippen molar-refractivity contribution in [1.29, 1.82) is 5.26 Å². The number of rotatable bonds is 4. The van der Waals surface area contributed by atoms with Crippen LogP contribution in [0.5, 0.6) is 5.75 Å². The Hall–Kier alpha value is -2.35. The largest absolute Gasteiger partial charge is 0.486 e. The van der Waals surface area contributed by atoms with Crippen molar-refractivity contribution in [2.24, 2.45) is 0 Å². The van der Waals surface area contributed by atoms with Crippen molar-refractivity contribution in [2.75, 3.05) is 0 Å². The zero-order valence-electron chi connectivity index (χ0n) is 10.8. The SMILES string of the molecule is CC(C)n1cc(OCc2ccc(F)c(C#N)c2)cn1. The van der Waals surface area contributed by atoms with Crippen molar-refractivity contribution in [3.05, 3.63) is 47.5 Å². The highest BCUT2D eigenvalue weighted by atomic mass is 19.1. The lowest BCUT2D eigenvalue weighted by Crippen LogP contribution is -2.00. The van der Waals surface area contributed by atoms with E-state index < -0.39 is 5.82 Å². The van der Waals surface area contributed by atoms with Crippen LogP contribution < -0.4 is 4.74 Å². The maximum absolute atomic E-state index is 13.1. The summed E-state index contributed by atoms with van der Waals surface area (Å²) in [4.78, 5) is 0. The Morgan fingerprint density at radius 1 is 1.47 bits per heavy atom. The maximum Gasteiger partial charge on any atom is 0.157 e. The predicted octanol–water partition coefficient (Wildman–Crippen LogP) is 3.05. The molecular formula is C14H14FN3O. The van der Waals surface area contributed by atoms with Gasteiger partial charge in [0, 0.05) is 6.04 Å². The van der Waals surface area contributed by atoms with Crippen LogP contribution in [0, 0.1) is 17.1 Å². The van der Waals surface area contributed by atoms with Gasteiger partial charge < -0.3 is 4.74 Å². The van der Waals surface area contributed by atoms with E-state index in [4.69, 9.17) is 10.00 Å². The normalized spacial score (nSPS) is 10.5. The molecule has 0 saturated carbocycles. The van der Waals surface area contributed by atoms with E-state index in [1.165, 1.54) is 12.1 Å². The average molecular weight is 259 g/mol. The third-order valence-electron chi connectivity index (χ3n) is 2.66. The Morgan fingerprint density at radius 3 is 2.89 bits per heavy atom. The van der Waals surface area contributed by atoms with Crippen molar-refractivity contribution in [1.82, 2.24) is 9.78 Å². The van der Waals surface area contributed by atoms with Crippen molar-refractivity contribution >= 4 is 0 Å². The number of benzene rings is 1. The first-order valence-corrected chi connectivity index (χ1v) is 5.95. The molecular weight excluding hydrogens is 245 g/mol. The van der Waals surface area contributed by atoms with Crippen molar-refractivity contribution < 1.29 is 9.13 Å². The van der Waals surface area contributed by atoms with Crippen LogP contribution in [0.15, 0.2) is 30.6 Å². The van der Waals surface area contributed by atoms with Gasteiger partial charge in [0.1, 0.15) is 18.5 Å². The van der Waals surface area contributed by atoms with Crippen LogP contribution in [0.1, 0.15) is 31.0 Å². The molecule has 0 radical (unpaired) electrons. The van der Waals surface area contributed by atoms with E-state index in [9.17, 15) is 4.39 Å². The van der Waals surface area contributed by atoms with E-state index in [0.717, 1.165) is 5.56 Å². The van der Waals surface area contributed by atoms with Crippen LogP contribution in [-0.4, -0.2) is 9.78 Å². The van der Waals surface area contributed by atoms with Gasteiger partial charge in [0.15, 0.2) is 5.75 Å². The van der Waals surface area contributed by atoms with Gasteiger partial charge in [-0.15, -0.1) is 0 Å². The van der Waals surface area contributed by atoms with E-state index in [2.05, 4.69) is 5.10 Å². The average Bonchev–Trinajstić information content (AvgIpc) is 2.87. The number of hydrogen-bond acceptors (Lipinski definition) is 3. The Labute approximate surface area is 111 Å². The van der Waals surface area contributed by atoms with Gasteiger partial charge in [-0.05, 0) is 31.5 Å². The third kappa shape index (κ3) is 3.10. The molecule has 4 nitrogen and oxygen atoms in total. The summed E-state index contributed by atoms with van der Waals surface area (Å²) in [5, 5.41) is 12.9. The molecule has 98 valence electrons. The molecule has 0 amide bonds. The van der Waals surface area contributed by atoms with E-state index in [-0.39, 0.29) is 18.2 Å². The van der Waals surface area contributed by atoms with Gasteiger partial charge in [-0.25, -0.2) is 4.39 Å². The molecule has 0 aliphatic rings. The second kappa shape index (κ2) is 5.53. The molecule has 2 rings (SSSR count). The summed E-state index contributed by atoms with van der Waals surface area (Å²) >= 11 is 0. The van der Waals surface area contributed by atoms with Crippen LogP contribution in [0.25, 0.3) is 0 Å². The first kappa shape index (κ1) is 13.1. The molecule has 0 aliphatic heterocycles. The molecule has 0 aliphatic carbocycles. The Morgan fingerprint density at radius 2 is 2.26 bits per heavy atom. The molecule has 0 atom stereocenters. The summed E-state index contributed by atoms with van der Waals surface area (Å²) in [6, 6.07) is 6.44. The number of ether oxygens (including phenoxy) is 1. The number of nitrogens with zero attached hydrogens (tertiary/aromatic N) is 3. The first-order chi connectivity index (χ1) is 9.10. The summed E-state index contributed by atoms with van der Waals surface area (Å²) in [6.45, 7) is 4.32. The Bertz CT molecular complexity index is 613. The zero-order chi connectivity index (χ0) is 13.8. The van der Waals surface area contributed by atoms with Crippen LogP contribution in [-0.2, 0) is 6.61 Å². The van der Waals surface area contributed by atoms with Crippen molar-refractivity contribution in [2.45, 2.75) is 26.5 Å². The molecule has 19 heavy (non-hydrogen) atoms. The maximum atomic E-state index is 13.1. The van der Waals surface area contributed by atoms with E-state index >= 15 is 0 Å². The van der Waals surface area contributed by atoms with Crippen LogP contribution in [0.2, 0.25) is 0 Å². The minimum atomic E-state index is -0.515. The molecule has 2 aromatic rings. The van der Waals surface area contributed by atoms with Gasteiger partial charge in [-0.1, -0.05) is 6.07 Å². The molecule has 5 heteroatoms. The Balaban J connectivity index is 2.04. The summed E-state index contributed by atoms with van der Waals surface area (Å²) in [6.07, 6.45) is 3.44. The molecule has 1 aromatic heterocycles. The lowest BCUT2D eigenvalue weighted by molar-refractivity contribution is 0.305. The number of hydrogen-bond donors (Lipinski definition) is 0. The molecule has 0 saturated heterocycles. The fourth-order valence-electron chi connectivity index (χ4n) is 1.59. The topological polar surface area (TPSA) is 50.8 Å². The van der Waals surface area contributed by atoms with E-state index in [1.54, 1.807) is 29.2 Å². The highest BCUT2D eigenvalue weighted by Gasteiger charge is 2.05. The van der Waals surface area contributed by atoms with Crippen LogP contribution >= 0.6 is 0 Å². The summed E-state index contributed by atoms with van der Waals surface area (Å²) in [5.41, 5.74) is 0.772. The van der Waals surface area contributed by atoms with E-state index in [1.807, 2.05) is 13.8 Å². The fraction of sp³-hybridized carbons (Fsp3) is 0.286. The zero-order valence-corrected chi connectivity index (χ0v) is 10.8. The highest BCUT2D eigenvalue weighted by Crippen LogP contribution is 2.15. The fourth-order valence-corrected chi connectivity index (χ4v) is 1.59. The van der Waals surface area contributed by atoms with E-state index in [0.29, 0.717) is 5.75 Å². The van der Waals surface area contributed by atoms with Crippen molar-refractivity contribution in [3.8, 4) is 11.8 Å². The molecule has 0 N–H and O–H groups in total. The van der Waals surface area contributed by atoms with Gasteiger partial charge in [0.05, 0.1) is 18.0 Å². The van der Waals surface area contributed by atoms with Gasteiger partial charge in [0.2, 0.25) is 0 Å². The van der Waals surface area contributed by atoms with Crippen molar-refractivity contribution in [3.63, 3.8) is 0 Å². The second-order valence-electron chi connectivity index (χ2n) is 4.46. The third-order valence-corrected chi connectivity index (χ3v) is 2.66. The van der Waals surface area contributed by atoms with Gasteiger partial charge in [-0.3, -0.25) is 4.68 Å². The Kier molecular flexibility index (Phi) is 3.81. The second-order valence-corrected chi connectivity index (χ2v) is 4.46. The number of aromatic nitrogens is 2. The number of halogens is 1. The lowest BCUT2D eigenvalue weighted by Gasteiger charge is -2.05.